The van der Waals surface area contributed by atoms with Crippen LogP contribution in [-0.4, -0.2) is 42.5 Å². The van der Waals surface area contributed by atoms with Crippen molar-refractivity contribution in [1.29, 1.82) is 0 Å². The van der Waals surface area contributed by atoms with Crippen molar-refractivity contribution in [2.24, 2.45) is 0 Å². The third-order valence-electron chi connectivity index (χ3n) is 3.61. The minimum absolute atomic E-state index is 0.117. The van der Waals surface area contributed by atoms with Crippen molar-refractivity contribution in [3.05, 3.63) is 40.5 Å². The molecule has 102 valence electrons. The minimum atomic E-state index is -0.365. The number of rotatable bonds is 4. The Morgan fingerprint density at radius 1 is 1.37 bits per heavy atom. The normalized spacial score (nSPS) is 16.4. The Labute approximate surface area is 113 Å². The summed E-state index contributed by atoms with van der Waals surface area (Å²) in [5, 5.41) is 10.9. The number of nitro groups is 1. The number of hydrogen-bond donors (Lipinski definition) is 0. The molecule has 1 fully saturated rings. The Kier molecular flexibility index (Phi) is 4.16. The van der Waals surface area contributed by atoms with E-state index in [1.165, 1.54) is 0 Å². The molecule has 2 rings (SSSR count). The number of hydrogen-bond acceptors (Lipinski definition) is 4. The maximum Gasteiger partial charge on any atom is 0.276 e. The van der Waals surface area contributed by atoms with E-state index in [0.717, 1.165) is 38.4 Å². The van der Waals surface area contributed by atoms with Crippen molar-refractivity contribution < 1.29 is 4.92 Å². The number of nitro benzene ring substituents is 1. The molecule has 0 spiro atoms. The molecule has 0 saturated carbocycles. The lowest BCUT2D eigenvalue weighted by molar-refractivity contribution is -0.385. The summed E-state index contributed by atoms with van der Waals surface area (Å²) in [5.74, 6) is 0. The fourth-order valence-electron chi connectivity index (χ4n) is 2.39. The Hall–Kier alpha value is -1.88. The molecule has 1 heterocycles. The van der Waals surface area contributed by atoms with Crippen LogP contribution in [-0.2, 0) is 0 Å². The van der Waals surface area contributed by atoms with Crippen molar-refractivity contribution >= 4 is 17.5 Å². The summed E-state index contributed by atoms with van der Waals surface area (Å²) in [4.78, 5) is 15.2. The molecule has 5 nitrogen and oxygen atoms in total. The highest BCUT2D eigenvalue weighted by Crippen LogP contribution is 2.26. The van der Waals surface area contributed by atoms with E-state index in [4.69, 9.17) is 0 Å². The highest BCUT2D eigenvalue weighted by molar-refractivity contribution is 5.66. The summed E-state index contributed by atoms with van der Waals surface area (Å²) in [6.07, 6.45) is 1.55. The van der Waals surface area contributed by atoms with Crippen molar-refractivity contribution in [1.82, 2.24) is 4.90 Å². The minimum Gasteiger partial charge on any atom is -0.369 e. The van der Waals surface area contributed by atoms with E-state index in [9.17, 15) is 10.1 Å². The van der Waals surface area contributed by atoms with Crippen LogP contribution < -0.4 is 4.90 Å². The second-order valence-corrected chi connectivity index (χ2v) is 4.63. The van der Waals surface area contributed by atoms with Crippen LogP contribution >= 0.6 is 0 Å². The molecule has 0 aromatic heterocycles. The van der Waals surface area contributed by atoms with Gasteiger partial charge in [-0.15, -0.1) is 0 Å². The zero-order valence-corrected chi connectivity index (χ0v) is 11.2. The Balaban J connectivity index is 2.18. The van der Waals surface area contributed by atoms with Crippen LogP contribution in [0.5, 0.6) is 0 Å². The number of benzene rings is 1. The molecule has 1 aliphatic rings. The van der Waals surface area contributed by atoms with Gasteiger partial charge in [-0.25, -0.2) is 0 Å². The highest BCUT2D eigenvalue weighted by atomic mass is 16.6. The summed E-state index contributed by atoms with van der Waals surface area (Å²) in [5.41, 5.74) is 1.74. The van der Waals surface area contributed by atoms with E-state index in [2.05, 4.69) is 23.3 Å². The van der Waals surface area contributed by atoms with Gasteiger partial charge in [-0.05, 0) is 18.7 Å². The summed E-state index contributed by atoms with van der Waals surface area (Å²) in [6, 6.07) is 5.25. The third-order valence-corrected chi connectivity index (χ3v) is 3.61. The van der Waals surface area contributed by atoms with Gasteiger partial charge in [0.25, 0.3) is 5.69 Å². The zero-order valence-electron chi connectivity index (χ0n) is 11.2. The van der Waals surface area contributed by atoms with Crippen molar-refractivity contribution in [2.75, 3.05) is 37.6 Å². The highest BCUT2D eigenvalue weighted by Gasteiger charge is 2.18. The molecule has 1 aromatic rings. The van der Waals surface area contributed by atoms with Gasteiger partial charge in [0.05, 0.1) is 10.5 Å². The first-order chi connectivity index (χ1) is 9.15. The molecule has 5 heteroatoms. The fourth-order valence-corrected chi connectivity index (χ4v) is 2.39. The first-order valence-corrected chi connectivity index (χ1v) is 6.54. The molecule has 1 aromatic carbocycles. The number of nitrogens with zero attached hydrogens (tertiary/aromatic N) is 3. The lowest BCUT2D eigenvalue weighted by atomic mass is 10.1. The molecular weight excluding hydrogens is 242 g/mol. The van der Waals surface area contributed by atoms with Crippen LogP contribution in [0.15, 0.2) is 24.8 Å². The molecule has 0 aliphatic carbocycles. The largest absolute Gasteiger partial charge is 0.369 e. The maximum atomic E-state index is 10.9. The van der Waals surface area contributed by atoms with Gasteiger partial charge >= 0.3 is 0 Å². The van der Waals surface area contributed by atoms with E-state index >= 15 is 0 Å². The van der Waals surface area contributed by atoms with Crippen LogP contribution in [0.1, 0.15) is 12.5 Å². The molecule has 0 N–H and O–H groups in total. The summed E-state index contributed by atoms with van der Waals surface area (Å²) >= 11 is 0. The lowest BCUT2D eigenvalue weighted by Crippen LogP contribution is -2.46. The summed E-state index contributed by atoms with van der Waals surface area (Å²) in [7, 11) is 0. The Morgan fingerprint density at radius 3 is 2.58 bits per heavy atom. The monoisotopic (exact) mass is 261 g/mol. The van der Waals surface area contributed by atoms with Crippen LogP contribution in [0.4, 0.5) is 11.4 Å². The van der Waals surface area contributed by atoms with E-state index in [1.54, 1.807) is 12.1 Å². The molecule has 19 heavy (non-hydrogen) atoms. The molecule has 1 aliphatic heterocycles. The predicted octanol–water partition coefficient (Wildman–Crippen LogP) is 2.38. The molecule has 0 atom stereocenters. The van der Waals surface area contributed by atoms with Gasteiger partial charge in [-0.2, -0.15) is 0 Å². The van der Waals surface area contributed by atoms with Gasteiger partial charge in [-0.3, -0.25) is 10.1 Å². The first-order valence-electron chi connectivity index (χ1n) is 6.54. The van der Waals surface area contributed by atoms with Crippen LogP contribution in [0, 0.1) is 10.1 Å². The zero-order chi connectivity index (χ0) is 13.8. The van der Waals surface area contributed by atoms with Gasteiger partial charge < -0.3 is 9.80 Å². The molecule has 1 saturated heterocycles. The molecule has 0 unspecified atom stereocenters. The summed E-state index contributed by atoms with van der Waals surface area (Å²) < 4.78 is 0. The SMILES string of the molecule is C=Cc1cc(N2CCN(CC)CC2)ccc1[N+](=O)[O-]. The van der Waals surface area contributed by atoms with Crippen LogP contribution in [0.3, 0.4) is 0 Å². The van der Waals surface area contributed by atoms with Crippen molar-refractivity contribution in [3.63, 3.8) is 0 Å². The van der Waals surface area contributed by atoms with Crippen LogP contribution in [0.25, 0.3) is 6.08 Å². The second kappa shape index (κ2) is 5.84. The maximum absolute atomic E-state index is 10.9. The fraction of sp³-hybridized carbons (Fsp3) is 0.429. The predicted molar refractivity (Wildman–Crippen MR) is 77.5 cm³/mol. The van der Waals surface area contributed by atoms with E-state index in [-0.39, 0.29) is 10.6 Å². The number of piperazine rings is 1. The molecule has 0 amide bonds. The van der Waals surface area contributed by atoms with Crippen molar-refractivity contribution in [2.45, 2.75) is 6.92 Å². The van der Waals surface area contributed by atoms with Gasteiger partial charge in [-0.1, -0.05) is 19.6 Å². The van der Waals surface area contributed by atoms with Gasteiger partial charge in [0.15, 0.2) is 0 Å². The molecule has 0 radical (unpaired) electrons. The van der Waals surface area contributed by atoms with E-state index in [1.807, 2.05) is 12.1 Å². The standard InChI is InChI=1S/C14H19N3O2/c1-3-12-11-13(5-6-14(12)17(18)19)16-9-7-15(4-2)8-10-16/h3,5-6,11H,1,4,7-10H2,2H3. The molecular formula is C14H19N3O2. The lowest BCUT2D eigenvalue weighted by Gasteiger charge is -2.35. The average Bonchev–Trinajstić information content (AvgIpc) is 2.46. The first kappa shape index (κ1) is 13.5. The quantitative estimate of drug-likeness (QED) is 0.617. The summed E-state index contributed by atoms with van der Waals surface area (Å²) in [6.45, 7) is 10.9. The second-order valence-electron chi connectivity index (χ2n) is 4.63. The van der Waals surface area contributed by atoms with Gasteiger partial charge in [0, 0.05) is 37.9 Å². The van der Waals surface area contributed by atoms with Gasteiger partial charge in [0.2, 0.25) is 0 Å². The van der Waals surface area contributed by atoms with Crippen LogP contribution in [0.2, 0.25) is 0 Å². The number of likely N-dealkylation sites (N-methyl/N-ethyl adjacent to an activating group) is 1. The number of anilines is 1. The topological polar surface area (TPSA) is 49.6 Å². The van der Waals surface area contributed by atoms with E-state index in [0.29, 0.717) is 5.56 Å². The average molecular weight is 261 g/mol. The van der Waals surface area contributed by atoms with E-state index < -0.39 is 0 Å². The Bertz CT molecular complexity index is 480. The Morgan fingerprint density at radius 2 is 2.05 bits per heavy atom. The van der Waals surface area contributed by atoms with Gasteiger partial charge in [0.1, 0.15) is 0 Å². The smallest absolute Gasteiger partial charge is 0.276 e. The third kappa shape index (κ3) is 2.93. The molecule has 0 bridgehead atoms. The van der Waals surface area contributed by atoms with Crippen molar-refractivity contribution in [3.8, 4) is 0 Å².